The first kappa shape index (κ1) is 13.8. The summed E-state index contributed by atoms with van der Waals surface area (Å²) in [5.74, 6) is 0.160. The van der Waals surface area contributed by atoms with Crippen LogP contribution in [0.2, 0.25) is 0 Å². The summed E-state index contributed by atoms with van der Waals surface area (Å²) in [6, 6.07) is 8.42. The van der Waals surface area contributed by atoms with E-state index in [0.717, 1.165) is 24.8 Å². The normalized spacial score (nSPS) is 13.6. The lowest BCUT2D eigenvalue weighted by Gasteiger charge is -2.16. The number of aryl methyl sites for hydroxylation is 1. The Morgan fingerprint density at radius 1 is 1.35 bits per heavy atom. The number of nitrogens with zero attached hydrogens (tertiary/aromatic N) is 1. The van der Waals surface area contributed by atoms with E-state index in [9.17, 15) is 4.79 Å². The molecule has 94 valence electrons. The molecule has 1 aliphatic rings. The maximum absolute atomic E-state index is 12.0. The third-order valence-electron chi connectivity index (χ3n) is 3.00. The highest BCUT2D eigenvalue weighted by Crippen LogP contribution is 2.26. The van der Waals surface area contributed by atoms with Crippen LogP contribution < -0.4 is 0 Å². The fourth-order valence-electron chi connectivity index (χ4n) is 1.76. The van der Waals surface area contributed by atoms with Gasteiger partial charge in [-0.3, -0.25) is 4.79 Å². The van der Waals surface area contributed by atoms with Crippen LogP contribution in [0.25, 0.3) is 0 Å². The van der Waals surface area contributed by atoms with Crippen LogP contribution in [0.4, 0.5) is 0 Å². The van der Waals surface area contributed by atoms with Crippen molar-refractivity contribution in [1.82, 2.24) is 4.90 Å². The minimum absolute atomic E-state index is 0.160. The van der Waals surface area contributed by atoms with Gasteiger partial charge in [0.1, 0.15) is 0 Å². The fraction of sp³-hybridized carbons (Fsp3) is 0.533. The summed E-state index contributed by atoms with van der Waals surface area (Å²) in [7, 11) is 1.90. The zero-order valence-corrected chi connectivity index (χ0v) is 11.4. The average molecular weight is 233 g/mol. The van der Waals surface area contributed by atoms with Crippen LogP contribution in [0.1, 0.15) is 49.5 Å². The van der Waals surface area contributed by atoms with Crippen molar-refractivity contribution in [3.05, 3.63) is 35.4 Å². The molecule has 1 aromatic carbocycles. The van der Waals surface area contributed by atoms with Crippen molar-refractivity contribution in [1.29, 1.82) is 0 Å². The van der Waals surface area contributed by atoms with Crippen LogP contribution in [-0.2, 0) is 6.42 Å². The van der Waals surface area contributed by atoms with Gasteiger partial charge in [0.05, 0.1) is 0 Å². The van der Waals surface area contributed by atoms with Crippen molar-refractivity contribution in [3.8, 4) is 0 Å². The first-order chi connectivity index (χ1) is 8.22. The summed E-state index contributed by atoms with van der Waals surface area (Å²) in [6.45, 7) is 6.11. The van der Waals surface area contributed by atoms with E-state index in [2.05, 4.69) is 13.0 Å². The second kappa shape index (κ2) is 6.43. The third kappa shape index (κ3) is 3.58. The molecule has 17 heavy (non-hydrogen) atoms. The molecular formula is C15H23NO. The number of hydrogen-bond donors (Lipinski definition) is 0. The fourth-order valence-corrected chi connectivity index (χ4v) is 1.76. The van der Waals surface area contributed by atoms with Crippen LogP contribution in [0.15, 0.2) is 24.3 Å². The van der Waals surface area contributed by atoms with Crippen molar-refractivity contribution < 1.29 is 4.79 Å². The lowest BCUT2D eigenvalue weighted by atomic mass is 10.1. The summed E-state index contributed by atoms with van der Waals surface area (Å²) < 4.78 is 0. The lowest BCUT2D eigenvalue weighted by Crippen LogP contribution is -2.28. The van der Waals surface area contributed by atoms with E-state index in [4.69, 9.17) is 0 Å². The predicted molar refractivity (Wildman–Crippen MR) is 72.3 cm³/mol. The Kier molecular flexibility index (Phi) is 5.20. The zero-order valence-electron chi connectivity index (χ0n) is 11.4. The van der Waals surface area contributed by atoms with Gasteiger partial charge in [0.25, 0.3) is 5.91 Å². The molecule has 0 aliphatic heterocycles. The standard InChI is InChI=1S/C13H17NO.C2H6/c1-3-10-5-4-6-11(9-10)13(15)14(2)12-7-8-12;1-2/h4-6,9,12H,3,7-8H2,1-2H3;1-2H3. The van der Waals surface area contributed by atoms with Crippen molar-refractivity contribution in [2.75, 3.05) is 7.05 Å². The van der Waals surface area contributed by atoms with Gasteiger partial charge in [-0.15, -0.1) is 0 Å². The molecule has 0 saturated heterocycles. The Hall–Kier alpha value is -1.31. The van der Waals surface area contributed by atoms with Gasteiger partial charge in [-0.1, -0.05) is 32.9 Å². The van der Waals surface area contributed by atoms with Gasteiger partial charge >= 0.3 is 0 Å². The summed E-state index contributed by atoms with van der Waals surface area (Å²) in [5.41, 5.74) is 2.05. The topological polar surface area (TPSA) is 20.3 Å². The molecule has 2 heteroatoms. The molecule has 0 heterocycles. The number of amides is 1. The maximum Gasteiger partial charge on any atom is 0.253 e. The van der Waals surface area contributed by atoms with Crippen molar-refractivity contribution in [2.24, 2.45) is 0 Å². The molecule has 1 amide bonds. The Morgan fingerprint density at radius 3 is 2.53 bits per heavy atom. The monoisotopic (exact) mass is 233 g/mol. The molecule has 0 spiro atoms. The second-order valence-corrected chi connectivity index (χ2v) is 4.20. The average Bonchev–Trinajstić information content (AvgIpc) is 3.24. The van der Waals surface area contributed by atoms with Crippen LogP contribution in [0.3, 0.4) is 0 Å². The maximum atomic E-state index is 12.0. The molecule has 0 aromatic heterocycles. The minimum Gasteiger partial charge on any atom is -0.339 e. The Labute approximate surface area is 105 Å². The van der Waals surface area contributed by atoms with Crippen LogP contribution >= 0.6 is 0 Å². The SMILES string of the molecule is CC.CCc1cccc(C(=O)N(C)C2CC2)c1. The van der Waals surface area contributed by atoms with Crippen LogP contribution in [-0.4, -0.2) is 23.9 Å². The molecule has 0 N–H and O–H groups in total. The molecule has 1 saturated carbocycles. The molecule has 2 rings (SSSR count). The van der Waals surface area contributed by atoms with Gasteiger partial charge < -0.3 is 4.90 Å². The number of benzene rings is 1. The third-order valence-corrected chi connectivity index (χ3v) is 3.00. The van der Waals surface area contributed by atoms with E-state index >= 15 is 0 Å². The van der Waals surface area contributed by atoms with E-state index in [-0.39, 0.29) is 5.91 Å². The number of carbonyl (C=O) groups excluding carboxylic acids is 1. The van der Waals surface area contributed by atoms with Gasteiger partial charge in [-0.25, -0.2) is 0 Å². The van der Waals surface area contributed by atoms with Gasteiger partial charge in [0.2, 0.25) is 0 Å². The minimum atomic E-state index is 0.160. The molecule has 0 atom stereocenters. The zero-order chi connectivity index (χ0) is 12.8. The van der Waals surface area contributed by atoms with E-state index in [0.29, 0.717) is 6.04 Å². The van der Waals surface area contributed by atoms with Crippen molar-refractivity contribution in [3.63, 3.8) is 0 Å². The van der Waals surface area contributed by atoms with Gasteiger partial charge in [-0.05, 0) is 37.0 Å². The highest BCUT2D eigenvalue weighted by atomic mass is 16.2. The van der Waals surface area contributed by atoms with E-state index in [1.165, 1.54) is 5.56 Å². The van der Waals surface area contributed by atoms with Crippen LogP contribution in [0.5, 0.6) is 0 Å². The second-order valence-electron chi connectivity index (χ2n) is 4.20. The lowest BCUT2D eigenvalue weighted by molar-refractivity contribution is 0.0785. The first-order valence-electron chi connectivity index (χ1n) is 6.58. The molecule has 0 bridgehead atoms. The quantitative estimate of drug-likeness (QED) is 0.782. The first-order valence-corrected chi connectivity index (χ1v) is 6.58. The largest absolute Gasteiger partial charge is 0.339 e. The molecular weight excluding hydrogens is 210 g/mol. The summed E-state index contributed by atoms with van der Waals surface area (Å²) in [5, 5.41) is 0. The van der Waals surface area contributed by atoms with E-state index in [1.54, 1.807) is 0 Å². The highest BCUT2D eigenvalue weighted by molar-refractivity contribution is 5.94. The Morgan fingerprint density at radius 2 is 2.00 bits per heavy atom. The molecule has 1 aliphatic carbocycles. The number of hydrogen-bond acceptors (Lipinski definition) is 1. The smallest absolute Gasteiger partial charge is 0.253 e. The molecule has 1 aromatic rings. The van der Waals surface area contributed by atoms with Crippen molar-refractivity contribution in [2.45, 2.75) is 46.1 Å². The van der Waals surface area contributed by atoms with Gasteiger partial charge in [0.15, 0.2) is 0 Å². The molecule has 0 radical (unpaired) electrons. The number of carbonyl (C=O) groups is 1. The Bertz CT molecular complexity index is 369. The van der Waals surface area contributed by atoms with Gasteiger partial charge in [-0.2, -0.15) is 0 Å². The van der Waals surface area contributed by atoms with Crippen molar-refractivity contribution >= 4 is 5.91 Å². The highest BCUT2D eigenvalue weighted by Gasteiger charge is 2.29. The molecule has 1 fully saturated rings. The summed E-state index contributed by atoms with van der Waals surface area (Å²) in [4.78, 5) is 13.9. The molecule has 2 nitrogen and oxygen atoms in total. The predicted octanol–water partition coefficient (Wildman–Crippen LogP) is 3.51. The van der Waals surface area contributed by atoms with Crippen LogP contribution in [0, 0.1) is 0 Å². The number of rotatable bonds is 3. The summed E-state index contributed by atoms with van der Waals surface area (Å²) in [6.07, 6.45) is 3.31. The van der Waals surface area contributed by atoms with E-state index < -0.39 is 0 Å². The van der Waals surface area contributed by atoms with E-state index in [1.807, 2.05) is 44.0 Å². The van der Waals surface area contributed by atoms with Gasteiger partial charge in [0, 0.05) is 18.7 Å². The Balaban J connectivity index is 0.000000686. The summed E-state index contributed by atoms with van der Waals surface area (Å²) >= 11 is 0. The molecule has 0 unspecified atom stereocenters.